The van der Waals surface area contributed by atoms with E-state index < -0.39 is 17.7 Å². The number of aryl methyl sites for hydroxylation is 1. The molecule has 0 aliphatic rings. The lowest BCUT2D eigenvalue weighted by Gasteiger charge is -2.26. The van der Waals surface area contributed by atoms with Crippen LogP contribution in [0, 0.1) is 12.7 Å². The van der Waals surface area contributed by atoms with Crippen molar-refractivity contribution in [3.63, 3.8) is 0 Å². The van der Waals surface area contributed by atoms with Crippen LogP contribution in [0.4, 0.5) is 4.39 Å². The molecule has 0 aliphatic heterocycles. The summed E-state index contributed by atoms with van der Waals surface area (Å²) in [7, 11) is 1.60. The molecule has 208 valence electrons. The highest BCUT2D eigenvalue weighted by Gasteiger charge is 2.28. The number of phenols is 1. The van der Waals surface area contributed by atoms with Gasteiger partial charge in [-0.15, -0.1) is 0 Å². The molecule has 0 radical (unpaired) electrons. The van der Waals surface area contributed by atoms with Crippen molar-refractivity contribution in [2.45, 2.75) is 39.0 Å². The lowest BCUT2D eigenvalue weighted by atomic mass is 9.82. The molecule has 0 amide bonds. The molecule has 5 nitrogen and oxygen atoms in total. The number of benzene rings is 4. The zero-order valence-corrected chi connectivity index (χ0v) is 25.6. The number of hydrogen-bond donors (Lipinski definition) is 2. The van der Waals surface area contributed by atoms with Crippen LogP contribution in [0.2, 0.25) is 0 Å². The number of phenolic OH excluding ortho intramolecular Hbond substituents is 1. The summed E-state index contributed by atoms with van der Waals surface area (Å²) in [6.07, 6.45) is -0.142. The molecular weight excluding hydrogens is 643 g/mol. The zero-order valence-electron chi connectivity index (χ0n) is 22.5. The summed E-state index contributed by atoms with van der Waals surface area (Å²) >= 11 is 7.08. The van der Waals surface area contributed by atoms with Crippen molar-refractivity contribution in [1.82, 2.24) is 0 Å². The van der Waals surface area contributed by atoms with E-state index >= 15 is 0 Å². The van der Waals surface area contributed by atoms with Gasteiger partial charge < -0.3 is 19.7 Å². The van der Waals surface area contributed by atoms with Gasteiger partial charge in [0, 0.05) is 22.6 Å². The van der Waals surface area contributed by atoms with Crippen LogP contribution in [0.3, 0.4) is 0 Å². The van der Waals surface area contributed by atoms with Crippen LogP contribution in [-0.4, -0.2) is 23.3 Å². The van der Waals surface area contributed by atoms with E-state index in [1.165, 1.54) is 18.2 Å². The Morgan fingerprint density at radius 3 is 2.20 bits per heavy atom. The summed E-state index contributed by atoms with van der Waals surface area (Å²) in [5.74, 6) is -0.415. The smallest absolute Gasteiger partial charge is 0.307 e. The summed E-state index contributed by atoms with van der Waals surface area (Å²) in [5.41, 5.74) is 4.37. The lowest BCUT2D eigenvalue weighted by molar-refractivity contribution is -0.136. The van der Waals surface area contributed by atoms with Crippen LogP contribution in [-0.2, 0) is 11.2 Å². The highest BCUT2D eigenvalue weighted by atomic mass is 79.9. The SMILES string of the molecule is COc1cc(C(c2cccc(C)c2)c2cc(F)ccc2O)c(Oc2c(Br)cc(CC(=O)O)cc2Br)cc1C(C)C. The minimum absolute atomic E-state index is 0.0499. The molecular formula is C32H29Br2FO5. The molecule has 1 unspecified atom stereocenters. The third-order valence-corrected chi connectivity index (χ3v) is 7.77. The number of carboxylic acids is 1. The van der Waals surface area contributed by atoms with Crippen LogP contribution < -0.4 is 9.47 Å². The number of hydrogen-bond acceptors (Lipinski definition) is 4. The highest BCUT2D eigenvalue weighted by molar-refractivity contribution is 9.11. The third-order valence-electron chi connectivity index (χ3n) is 6.60. The van der Waals surface area contributed by atoms with E-state index in [9.17, 15) is 19.4 Å². The molecule has 0 saturated carbocycles. The van der Waals surface area contributed by atoms with Crippen LogP contribution in [0.25, 0.3) is 0 Å². The average molecular weight is 672 g/mol. The van der Waals surface area contributed by atoms with Crippen LogP contribution >= 0.6 is 31.9 Å². The Morgan fingerprint density at radius 2 is 1.60 bits per heavy atom. The lowest BCUT2D eigenvalue weighted by Crippen LogP contribution is -2.09. The van der Waals surface area contributed by atoms with Crippen LogP contribution in [0.15, 0.2) is 75.7 Å². The molecule has 0 spiro atoms. The minimum Gasteiger partial charge on any atom is -0.508 e. The molecule has 0 heterocycles. The van der Waals surface area contributed by atoms with E-state index in [1.54, 1.807) is 19.2 Å². The maximum Gasteiger partial charge on any atom is 0.307 e. The number of carbonyl (C=O) groups is 1. The van der Waals surface area contributed by atoms with Crippen LogP contribution in [0.1, 0.15) is 59.1 Å². The quantitative estimate of drug-likeness (QED) is 0.174. The van der Waals surface area contributed by atoms with Crippen molar-refractivity contribution < 1.29 is 28.9 Å². The van der Waals surface area contributed by atoms with Crippen LogP contribution in [0.5, 0.6) is 23.0 Å². The van der Waals surface area contributed by atoms with Gasteiger partial charge in [-0.05, 0) is 98.3 Å². The highest BCUT2D eigenvalue weighted by Crippen LogP contribution is 2.47. The second-order valence-electron chi connectivity index (χ2n) is 9.90. The van der Waals surface area contributed by atoms with Gasteiger partial charge in [-0.3, -0.25) is 4.79 Å². The van der Waals surface area contributed by atoms with Gasteiger partial charge in [0.25, 0.3) is 0 Å². The van der Waals surface area contributed by atoms with E-state index in [-0.39, 0.29) is 18.1 Å². The Labute approximate surface area is 249 Å². The molecule has 4 aromatic carbocycles. The van der Waals surface area contributed by atoms with Gasteiger partial charge in [0.1, 0.15) is 23.1 Å². The first-order valence-corrected chi connectivity index (χ1v) is 14.2. The monoisotopic (exact) mass is 670 g/mol. The van der Waals surface area contributed by atoms with E-state index in [2.05, 4.69) is 31.9 Å². The Balaban J connectivity index is 2.00. The Bertz CT molecular complexity index is 1540. The maximum absolute atomic E-state index is 14.6. The second-order valence-corrected chi connectivity index (χ2v) is 11.6. The number of rotatable bonds is 9. The normalized spacial score (nSPS) is 11.9. The average Bonchev–Trinajstić information content (AvgIpc) is 2.88. The fraction of sp³-hybridized carbons (Fsp3) is 0.219. The fourth-order valence-electron chi connectivity index (χ4n) is 4.76. The molecule has 0 aromatic heterocycles. The van der Waals surface area contributed by atoms with E-state index in [1.807, 2.05) is 57.2 Å². The molecule has 0 bridgehead atoms. The number of carboxylic acid groups (broad SMARTS) is 1. The van der Waals surface area contributed by atoms with E-state index in [0.717, 1.165) is 16.7 Å². The molecule has 0 fully saturated rings. The van der Waals surface area contributed by atoms with Crippen molar-refractivity contribution in [3.05, 3.63) is 115 Å². The Morgan fingerprint density at radius 1 is 0.925 bits per heavy atom. The van der Waals surface area contributed by atoms with Crippen molar-refractivity contribution in [2.24, 2.45) is 0 Å². The summed E-state index contributed by atoms with van der Waals surface area (Å²) in [6.45, 7) is 6.06. The number of aromatic hydroxyl groups is 1. The summed E-state index contributed by atoms with van der Waals surface area (Å²) < 4.78 is 28.1. The standard InChI is InChI=1S/C32H29Br2FO5/c1-17(2)22-15-29(40-32-25(33)11-19(12-26(32)34)13-30(37)38)24(16-28(22)39-4)31(20-7-5-6-18(3)10-20)23-14-21(35)8-9-27(23)36/h5-12,14-17,31,36H,13H2,1-4H3,(H,37,38). The van der Waals surface area contributed by atoms with Gasteiger partial charge in [-0.2, -0.15) is 0 Å². The predicted octanol–water partition coefficient (Wildman–Crippen LogP) is 9.10. The number of ether oxygens (including phenoxy) is 2. The predicted molar refractivity (Wildman–Crippen MR) is 161 cm³/mol. The first-order chi connectivity index (χ1) is 19.0. The molecule has 2 N–H and O–H groups in total. The molecule has 40 heavy (non-hydrogen) atoms. The zero-order chi connectivity index (χ0) is 29.1. The van der Waals surface area contributed by atoms with Gasteiger partial charge in [0.15, 0.2) is 5.75 Å². The van der Waals surface area contributed by atoms with Crippen molar-refractivity contribution >= 4 is 37.8 Å². The number of halogens is 3. The first-order valence-electron chi connectivity index (χ1n) is 12.6. The Kier molecular flexibility index (Phi) is 9.21. The number of methoxy groups -OCH3 is 1. The van der Waals surface area contributed by atoms with Crippen molar-refractivity contribution in [3.8, 4) is 23.0 Å². The molecule has 4 rings (SSSR count). The maximum atomic E-state index is 14.6. The largest absolute Gasteiger partial charge is 0.508 e. The summed E-state index contributed by atoms with van der Waals surface area (Å²) in [4.78, 5) is 11.3. The topological polar surface area (TPSA) is 76.0 Å². The molecule has 1 atom stereocenters. The fourth-order valence-corrected chi connectivity index (χ4v) is 6.21. The van der Waals surface area contributed by atoms with Crippen molar-refractivity contribution in [1.29, 1.82) is 0 Å². The summed E-state index contributed by atoms with van der Waals surface area (Å²) in [5, 5.41) is 20.2. The van der Waals surface area contributed by atoms with Gasteiger partial charge in [0.2, 0.25) is 0 Å². The Hall–Kier alpha value is -3.36. The van der Waals surface area contributed by atoms with Gasteiger partial charge >= 0.3 is 5.97 Å². The van der Waals surface area contributed by atoms with Gasteiger partial charge in [-0.1, -0.05) is 43.7 Å². The van der Waals surface area contributed by atoms with E-state index in [4.69, 9.17) is 9.47 Å². The third kappa shape index (κ3) is 6.50. The van der Waals surface area contributed by atoms with E-state index in [0.29, 0.717) is 42.9 Å². The number of aliphatic carboxylic acids is 1. The van der Waals surface area contributed by atoms with Gasteiger partial charge in [-0.25, -0.2) is 4.39 Å². The van der Waals surface area contributed by atoms with Gasteiger partial charge in [0.05, 0.1) is 22.5 Å². The molecule has 0 aliphatic carbocycles. The molecule has 4 aromatic rings. The van der Waals surface area contributed by atoms with Crippen molar-refractivity contribution in [2.75, 3.05) is 7.11 Å². The summed E-state index contributed by atoms with van der Waals surface area (Å²) in [6, 6.07) is 18.9. The second kappa shape index (κ2) is 12.4. The first kappa shape index (κ1) is 29.6. The minimum atomic E-state index is -0.942. The molecule has 0 saturated heterocycles. The molecule has 8 heteroatoms.